The molecular formula is C23H34O4. The molecule has 0 spiro atoms. The molecule has 1 aromatic rings. The fourth-order valence-electron chi connectivity index (χ4n) is 3.16. The Bertz CT molecular complexity index is 710. The van der Waals surface area contributed by atoms with Crippen LogP contribution in [-0.2, 0) is 6.42 Å². The third-order valence-electron chi connectivity index (χ3n) is 4.89. The standard InChI is InChI=1S/C23H34O4/c1-6-7-11-17(5)19-14-20(24)18(22(25)21(19)23(26)27)13-12-16(4)10-8-9-15(2)3/h9,12,14,17,24-25H,6-8,10-11,13H2,1-5H3,(H,26,27)/b16-12+. The third kappa shape index (κ3) is 6.78. The van der Waals surface area contributed by atoms with E-state index in [1.54, 1.807) is 0 Å². The first-order valence-corrected chi connectivity index (χ1v) is 9.78. The Morgan fingerprint density at radius 1 is 1.19 bits per heavy atom. The smallest absolute Gasteiger partial charge is 0.339 e. The quantitative estimate of drug-likeness (QED) is 0.418. The summed E-state index contributed by atoms with van der Waals surface area (Å²) in [4.78, 5) is 11.8. The maximum absolute atomic E-state index is 11.8. The average Bonchev–Trinajstić information content (AvgIpc) is 2.58. The molecule has 0 aliphatic rings. The van der Waals surface area contributed by atoms with Crippen molar-refractivity contribution in [2.45, 2.75) is 79.1 Å². The second kappa shape index (κ2) is 10.8. The molecule has 150 valence electrons. The highest BCUT2D eigenvalue weighted by Gasteiger charge is 2.24. The number of phenolic OH excluding ortho intramolecular Hbond substituents is 1. The van der Waals surface area contributed by atoms with E-state index < -0.39 is 5.97 Å². The van der Waals surface area contributed by atoms with Crippen LogP contribution in [0.2, 0.25) is 0 Å². The summed E-state index contributed by atoms with van der Waals surface area (Å²) in [6.07, 6.45) is 9.06. The third-order valence-corrected chi connectivity index (χ3v) is 4.89. The SMILES string of the molecule is CCCCC(C)c1cc(O)c(C/C=C(\C)CCC=C(C)C)c(O)c1C(=O)O. The van der Waals surface area contributed by atoms with Crippen LogP contribution >= 0.6 is 0 Å². The summed E-state index contributed by atoms with van der Waals surface area (Å²) in [5.74, 6) is -1.54. The minimum atomic E-state index is -1.16. The summed E-state index contributed by atoms with van der Waals surface area (Å²) in [6, 6.07) is 1.52. The fraction of sp³-hybridized carbons (Fsp3) is 0.522. The van der Waals surface area contributed by atoms with Crippen molar-refractivity contribution in [2.75, 3.05) is 0 Å². The maximum atomic E-state index is 11.8. The van der Waals surface area contributed by atoms with Gasteiger partial charge in [0.1, 0.15) is 17.1 Å². The van der Waals surface area contributed by atoms with Crippen LogP contribution in [0.3, 0.4) is 0 Å². The van der Waals surface area contributed by atoms with Gasteiger partial charge in [0.15, 0.2) is 0 Å². The second-order valence-corrected chi connectivity index (χ2v) is 7.61. The number of unbranched alkanes of at least 4 members (excludes halogenated alkanes) is 1. The topological polar surface area (TPSA) is 77.8 Å². The van der Waals surface area contributed by atoms with Crippen LogP contribution in [0.1, 0.15) is 94.1 Å². The van der Waals surface area contributed by atoms with Gasteiger partial charge in [-0.3, -0.25) is 0 Å². The molecule has 1 atom stereocenters. The van der Waals surface area contributed by atoms with Gasteiger partial charge < -0.3 is 15.3 Å². The summed E-state index contributed by atoms with van der Waals surface area (Å²) in [7, 11) is 0. The summed E-state index contributed by atoms with van der Waals surface area (Å²) in [5, 5.41) is 30.6. The molecule has 0 aliphatic carbocycles. The number of allylic oxidation sites excluding steroid dienone is 4. The molecule has 4 heteroatoms. The monoisotopic (exact) mass is 374 g/mol. The van der Waals surface area contributed by atoms with Gasteiger partial charge in [-0.25, -0.2) is 4.79 Å². The van der Waals surface area contributed by atoms with Crippen LogP contribution in [0.4, 0.5) is 0 Å². The molecule has 1 rings (SSSR count). The lowest BCUT2D eigenvalue weighted by atomic mass is 9.88. The van der Waals surface area contributed by atoms with Gasteiger partial charge in [-0.2, -0.15) is 0 Å². The Morgan fingerprint density at radius 3 is 2.41 bits per heavy atom. The van der Waals surface area contributed by atoms with Crippen LogP contribution < -0.4 is 0 Å². The van der Waals surface area contributed by atoms with Crippen molar-refractivity contribution in [3.63, 3.8) is 0 Å². The molecule has 0 bridgehead atoms. The summed E-state index contributed by atoms with van der Waals surface area (Å²) in [5.41, 5.74) is 3.11. The summed E-state index contributed by atoms with van der Waals surface area (Å²) >= 11 is 0. The minimum Gasteiger partial charge on any atom is -0.508 e. The molecule has 0 radical (unpaired) electrons. The van der Waals surface area contributed by atoms with E-state index in [-0.39, 0.29) is 28.5 Å². The van der Waals surface area contributed by atoms with Crippen LogP contribution in [0.25, 0.3) is 0 Å². The fourth-order valence-corrected chi connectivity index (χ4v) is 3.16. The number of hydrogen-bond acceptors (Lipinski definition) is 3. The molecule has 0 saturated heterocycles. The van der Waals surface area contributed by atoms with E-state index in [2.05, 4.69) is 26.8 Å². The lowest BCUT2D eigenvalue weighted by molar-refractivity contribution is 0.0691. The van der Waals surface area contributed by atoms with Crippen molar-refractivity contribution in [3.8, 4) is 11.5 Å². The number of benzene rings is 1. The van der Waals surface area contributed by atoms with Crippen LogP contribution in [0, 0.1) is 0 Å². The van der Waals surface area contributed by atoms with E-state index in [4.69, 9.17) is 0 Å². The van der Waals surface area contributed by atoms with Gasteiger partial charge in [-0.1, -0.05) is 50.0 Å². The molecule has 3 N–H and O–H groups in total. The first kappa shape index (κ1) is 22.8. The zero-order valence-electron chi connectivity index (χ0n) is 17.3. The first-order valence-electron chi connectivity index (χ1n) is 9.78. The molecule has 4 nitrogen and oxygen atoms in total. The van der Waals surface area contributed by atoms with Crippen LogP contribution in [0.5, 0.6) is 11.5 Å². The molecule has 0 saturated carbocycles. The first-order chi connectivity index (χ1) is 12.7. The zero-order valence-corrected chi connectivity index (χ0v) is 17.3. The van der Waals surface area contributed by atoms with Crippen molar-refractivity contribution in [2.24, 2.45) is 0 Å². The molecule has 0 aromatic heterocycles. The number of carbonyl (C=O) groups is 1. The number of phenols is 2. The molecule has 0 heterocycles. The largest absolute Gasteiger partial charge is 0.508 e. The van der Waals surface area contributed by atoms with E-state index in [1.807, 2.05) is 19.9 Å². The number of carboxylic acids is 1. The number of rotatable bonds is 10. The summed E-state index contributed by atoms with van der Waals surface area (Å²) < 4.78 is 0. The Kier molecular flexibility index (Phi) is 9.13. The van der Waals surface area contributed by atoms with E-state index in [1.165, 1.54) is 11.6 Å². The molecule has 0 aliphatic heterocycles. The van der Waals surface area contributed by atoms with Crippen molar-refractivity contribution < 1.29 is 20.1 Å². The van der Waals surface area contributed by atoms with Gasteiger partial charge in [0, 0.05) is 5.56 Å². The van der Waals surface area contributed by atoms with Crippen molar-refractivity contribution >= 4 is 5.97 Å². The molecular weight excluding hydrogens is 340 g/mol. The molecule has 0 amide bonds. The minimum absolute atomic E-state index is 0.0378. The van der Waals surface area contributed by atoms with Crippen molar-refractivity contribution in [1.82, 2.24) is 0 Å². The van der Waals surface area contributed by atoms with E-state index in [9.17, 15) is 20.1 Å². The van der Waals surface area contributed by atoms with Gasteiger partial charge in [-0.05, 0) is 64.0 Å². The Labute approximate surface area is 163 Å². The predicted molar refractivity (Wildman–Crippen MR) is 111 cm³/mol. The number of hydrogen-bond donors (Lipinski definition) is 3. The van der Waals surface area contributed by atoms with E-state index in [0.717, 1.165) is 37.7 Å². The van der Waals surface area contributed by atoms with Gasteiger partial charge in [0.2, 0.25) is 0 Å². The van der Waals surface area contributed by atoms with E-state index >= 15 is 0 Å². The highest BCUT2D eigenvalue weighted by molar-refractivity contribution is 5.94. The molecule has 0 fully saturated rings. The van der Waals surface area contributed by atoms with Crippen LogP contribution in [0.15, 0.2) is 29.4 Å². The van der Waals surface area contributed by atoms with Crippen molar-refractivity contribution in [1.29, 1.82) is 0 Å². The van der Waals surface area contributed by atoms with Gasteiger partial charge in [0.25, 0.3) is 0 Å². The normalized spacial score (nSPS) is 12.7. The Morgan fingerprint density at radius 2 is 1.85 bits per heavy atom. The lowest BCUT2D eigenvalue weighted by Crippen LogP contribution is -2.08. The molecule has 1 aromatic carbocycles. The van der Waals surface area contributed by atoms with Gasteiger partial charge in [-0.15, -0.1) is 0 Å². The second-order valence-electron chi connectivity index (χ2n) is 7.61. The number of aromatic hydroxyl groups is 2. The van der Waals surface area contributed by atoms with E-state index in [0.29, 0.717) is 12.0 Å². The Balaban J connectivity index is 3.13. The zero-order chi connectivity index (χ0) is 20.6. The van der Waals surface area contributed by atoms with Gasteiger partial charge >= 0.3 is 5.97 Å². The summed E-state index contributed by atoms with van der Waals surface area (Å²) in [6.45, 7) is 10.1. The molecule has 1 unspecified atom stereocenters. The number of carboxylic acid groups (broad SMARTS) is 1. The van der Waals surface area contributed by atoms with Gasteiger partial charge in [0.05, 0.1) is 0 Å². The number of aromatic carboxylic acids is 1. The average molecular weight is 375 g/mol. The Hall–Kier alpha value is -2.23. The van der Waals surface area contributed by atoms with Crippen LogP contribution in [-0.4, -0.2) is 21.3 Å². The maximum Gasteiger partial charge on any atom is 0.339 e. The van der Waals surface area contributed by atoms with Crippen molar-refractivity contribution in [3.05, 3.63) is 46.1 Å². The lowest BCUT2D eigenvalue weighted by Gasteiger charge is -2.18. The predicted octanol–water partition coefficient (Wildman–Crippen LogP) is 6.32. The molecule has 27 heavy (non-hydrogen) atoms. The highest BCUT2D eigenvalue weighted by Crippen LogP contribution is 2.39. The highest BCUT2D eigenvalue weighted by atomic mass is 16.4.